The molecule has 1 amide bonds. The van der Waals surface area contributed by atoms with E-state index in [2.05, 4.69) is 20.0 Å². The number of fused-ring (bicyclic) bond motifs is 1. The molecule has 0 bridgehead atoms. The number of amides is 1. The van der Waals surface area contributed by atoms with Crippen LogP contribution in [-0.4, -0.2) is 76.5 Å². The quantitative estimate of drug-likeness (QED) is 0.771. The maximum atomic E-state index is 12.3. The van der Waals surface area contributed by atoms with Crippen molar-refractivity contribution in [3.63, 3.8) is 0 Å². The first-order valence-corrected chi connectivity index (χ1v) is 7.96. The van der Waals surface area contributed by atoms with Gasteiger partial charge in [-0.1, -0.05) is 0 Å². The standard InChI is InChI=1S/C15H23N7O2.2ClH/c1-10-18-13-11(8-17-20(13)2)14(19-10)21-4-6-22(7-5-21)15(23)12(16)9-24-3;;/h8,12H,4-7,9,16H2,1-3H3;2*1H. The number of aromatic nitrogens is 4. The summed E-state index contributed by atoms with van der Waals surface area (Å²) in [4.78, 5) is 25.3. The second-order valence-corrected chi connectivity index (χ2v) is 5.97. The summed E-state index contributed by atoms with van der Waals surface area (Å²) in [6.45, 7) is 4.74. The summed E-state index contributed by atoms with van der Waals surface area (Å²) in [6, 6.07) is -0.604. The summed E-state index contributed by atoms with van der Waals surface area (Å²) >= 11 is 0. The van der Waals surface area contributed by atoms with E-state index in [0.717, 1.165) is 16.9 Å². The van der Waals surface area contributed by atoms with Crippen LogP contribution in [0.2, 0.25) is 0 Å². The number of carbonyl (C=O) groups is 1. The van der Waals surface area contributed by atoms with E-state index in [-0.39, 0.29) is 37.3 Å². The van der Waals surface area contributed by atoms with Gasteiger partial charge in [-0.05, 0) is 6.92 Å². The fourth-order valence-electron chi connectivity index (χ4n) is 2.98. The molecule has 1 aliphatic rings. The van der Waals surface area contributed by atoms with Crippen LogP contribution in [0.1, 0.15) is 5.82 Å². The Kier molecular flexibility index (Phi) is 8.01. The van der Waals surface area contributed by atoms with Gasteiger partial charge >= 0.3 is 0 Å². The van der Waals surface area contributed by atoms with Crippen LogP contribution >= 0.6 is 24.8 Å². The lowest BCUT2D eigenvalue weighted by molar-refractivity contribution is -0.134. The number of rotatable bonds is 4. The molecule has 146 valence electrons. The van der Waals surface area contributed by atoms with E-state index >= 15 is 0 Å². The average molecular weight is 406 g/mol. The molecule has 1 saturated heterocycles. The Hall–Kier alpha value is -1.68. The molecule has 0 radical (unpaired) electrons. The van der Waals surface area contributed by atoms with Crippen molar-refractivity contribution in [1.29, 1.82) is 0 Å². The van der Waals surface area contributed by atoms with Crippen LogP contribution in [0.4, 0.5) is 5.82 Å². The van der Waals surface area contributed by atoms with Gasteiger partial charge in [0.1, 0.15) is 17.7 Å². The third-order valence-corrected chi connectivity index (χ3v) is 4.24. The maximum Gasteiger partial charge on any atom is 0.241 e. The lowest BCUT2D eigenvalue weighted by Gasteiger charge is -2.36. The van der Waals surface area contributed by atoms with Crippen LogP contribution in [0, 0.1) is 6.92 Å². The summed E-state index contributed by atoms with van der Waals surface area (Å²) in [5.74, 6) is 1.52. The van der Waals surface area contributed by atoms with Crippen LogP contribution in [0.5, 0.6) is 0 Å². The van der Waals surface area contributed by atoms with Gasteiger partial charge < -0.3 is 20.3 Å². The predicted molar refractivity (Wildman–Crippen MR) is 104 cm³/mol. The van der Waals surface area contributed by atoms with Crippen LogP contribution in [0.25, 0.3) is 11.0 Å². The number of carbonyl (C=O) groups excluding carboxylic acids is 1. The molecule has 0 aliphatic carbocycles. The largest absolute Gasteiger partial charge is 0.383 e. The smallest absolute Gasteiger partial charge is 0.241 e. The monoisotopic (exact) mass is 405 g/mol. The Balaban J connectivity index is 0.00000169. The number of nitrogens with two attached hydrogens (primary N) is 1. The number of piperazine rings is 1. The van der Waals surface area contributed by atoms with Gasteiger partial charge in [0.25, 0.3) is 0 Å². The van der Waals surface area contributed by atoms with Crippen molar-refractivity contribution in [2.45, 2.75) is 13.0 Å². The number of methoxy groups -OCH3 is 1. The minimum atomic E-state index is -0.604. The molecule has 26 heavy (non-hydrogen) atoms. The molecule has 3 heterocycles. The minimum absolute atomic E-state index is 0. The lowest BCUT2D eigenvalue weighted by atomic mass is 10.2. The van der Waals surface area contributed by atoms with E-state index in [1.54, 1.807) is 22.9 Å². The van der Waals surface area contributed by atoms with E-state index in [9.17, 15) is 4.79 Å². The van der Waals surface area contributed by atoms with Gasteiger partial charge in [-0.2, -0.15) is 5.10 Å². The molecular weight excluding hydrogens is 381 g/mol. The average Bonchev–Trinajstić information content (AvgIpc) is 2.95. The molecule has 9 nitrogen and oxygen atoms in total. The molecule has 1 aliphatic heterocycles. The van der Waals surface area contributed by atoms with Gasteiger partial charge in [0.2, 0.25) is 5.91 Å². The highest BCUT2D eigenvalue weighted by atomic mass is 35.5. The highest BCUT2D eigenvalue weighted by molar-refractivity contribution is 5.87. The summed E-state index contributed by atoms with van der Waals surface area (Å²) in [6.07, 6.45) is 1.79. The molecule has 2 aromatic rings. The second-order valence-electron chi connectivity index (χ2n) is 5.97. The van der Waals surface area contributed by atoms with E-state index < -0.39 is 6.04 Å². The highest BCUT2D eigenvalue weighted by Gasteiger charge is 2.27. The molecule has 3 rings (SSSR count). The molecular formula is C15H25Cl2N7O2. The minimum Gasteiger partial charge on any atom is -0.383 e. The third-order valence-electron chi connectivity index (χ3n) is 4.24. The van der Waals surface area contributed by atoms with Crippen LogP contribution < -0.4 is 10.6 Å². The Bertz CT molecular complexity index is 747. The zero-order valence-corrected chi connectivity index (χ0v) is 16.7. The first-order valence-electron chi connectivity index (χ1n) is 7.96. The summed E-state index contributed by atoms with van der Waals surface area (Å²) in [5, 5.41) is 5.20. The van der Waals surface area contributed by atoms with Crippen molar-refractivity contribution in [3.05, 3.63) is 12.0 Å². The zero-order chi connectivity index (χ0) is 17.3. The van der Waals surface area contributed by atoms with Crippen molar-refractivity contribution in [2.24, 2.45) is 12.8 Å². The molecule has 1 atom stereocenters. The Morgan fingerprint density at radius 3 is 2.54 bits per heavy atom. The van der Waals surface area contributed by atoms with Gasteiger partial charge in [0.15, 0.2) is 5.65 Å². The first kappa shape index (κ1) is 22.4. The number of nitrogens with zero attached hydrogens (tertiary/aromatic N) is 6. The topological polar surface area (TPSA) is 102 Å². The van der Waals surface area contributed by atoms with Gasteiger partial charge in [-0.15, -0.1) is 24.8 Å². The molecule has 2 N–H and O–H groups in total. The van der Waals surface area contributed by atoms with Crippen LogP contribution in [0.15, 0.2) is 6.20 Å². The molecule has 0 spiro atoms. The van der Waals surface area contributed by atoms with E-state index in [4.69, 9.17) is 10.5 Å². The molecule has 2 aromatic heterocycles. The first-order chi connectivity index (χ1) is 11.5. The van der Waals surface area contributed by atoms with Crippen molar-refractivity contribution in [1.82, 2.24) is 24.6 Å². The summed E-state index contributed by atoms with van der Waals surface area (Å²) in [7, 11) is 3.41. The van der Waals surface area contributed by atoms with Crippen molar-refractivity contribution in [3.8, 4) is 0 Å². The predicted octanol–water partition coefficient (Wildman–Crippen LogP) is 0.138. The number of hydrogen-bond acceptors (Lipinski definition) is 7. The SMILES string of the molecule is COCC(N)C(=O)N1CCN(c2nc(C)nc3c2cnn3C)CC1.Cl.Cl. The number of halogens is 2. The fourth-order valence-corrected chi connectivity index (χ4v) is 2.98. The van der Waals surface area contributed by atoms with E-state index in [1.807, 2.05) is 14.0 Å². The molecule has 0 aromatic carbocycles. The Morgan fingerprint density at radius 2 is 1.92 bits per heavy atom. The van der Waals surface area contributed by atoms with Gasteiger partial charge in [0.05, 0.1) is 18.2 Å². The molecule has 0 saturated carbocycles. The van der Waals surface area contributed by atoms with E-state index in [1.165, 1.54) is 0 Å². The summed E-state index contributed by atoms with van der Waals surface area (Å²) < 4.78 is 6.71. The highest BCUT2D eigenvalue weighted by Crippen LogP contribution is 2.24. The molecule has 1 unspecified atom stereocenters. The number of hydrogen-bond donors (Lipinski definition) is 1. The lowest BCUT2D eigenvalue weighted by Crippen LogP contribution is -2.54. The normalized spacial score (nSPS) is 15.4. The van der Waals surface area contributed by atoms with Gasteiger partial charge in [-0.25, -0.2) is 9.97 Å². The van der Waals surface area contributed by atoms with Crippen molar-refractivity contribution < 1.29 is 9.53 Å². The fraction of sp³-hybridized carbons (Fsp3) is 0.600. The molecule has 11 heteroatoms. The zero-order valence-electron chi connectivity index (χ0n) is 15.1. The van der Waals surface area contributed by atoms with Crippen LogP contribution in [-0.2, 0) is 16.6 Å². The van der Waals surface area contributed by atoms with Crippen molar-refractivity contribution >= 4 is 47.6 Å². The number of anilines is 1. The Morgan fingerprint density at radius 1 is 1.27 bits per heavy atom. The Labute approximate surface area is 164 Å². The number of ether oxygens (including phenoxy) is 1. The summed E-state index contributed by atoms with van der Waals surface area (Å²) in [5.41, 5.74) is 6.66. The maximum absolute atomic E-state index is 12.3. The molecule has 1 fully saturated rings. The third kappa shape index (κ3) is 4.35. The van der Waals surface area contributed by atoms with Gasteiger partial charge in [-0.3, -0.25) is 9.48 Å². The second kappa shape index (κ2) is 9.31. The van der Waals surface area contributed by atoms with Crippen LogP contribution in [0.3, 0.4) is 0 Å². The van der Waals surface area contributed by atoms with Crippen molar-refractivity contribution in [2.75, 3.05) is 44.8 Å². The van der Waals surface area contributed by atoms with E-state index in [0.29, 0.717) is 32.0 Å². The van der Waals surface area contributed by atoms with Gasteiger partial charge in [0, 0.05) is 40.3 Å². The number of aryl methyl sites for hydroxylation is 2.